The number of aromatic nitrogens is 2. The van der Waals surface area contributed by atoms with Gasteiger partial charge >= 0.3 is 0 Å². The van der Waals surface area contributed by atoms with Crippen LogP contribution in [0.3, 0.4) is 0 Å². The molecular formula is C13H23BrN4O. The molecule has 0 bridgehead atoms. The van der Waals surface area contributed by atoms with Gasteiger partial charge in [0.25, 0.3) is 5.56 Å². The summed E-state index contributed by atoms with van der Waals surface area (Å²) in [6.07, 6.45) is 3.73. The lowest BCUT2D eigenvalue weighted by Crippen LogP contribution is -2.27. The number of nitrogens with one attached hydrogen (secondary N) is 1. The van der Waals surface area contributed by atoms with Crippen LogP contribution < -0.4 is 10.9 Å². The van der Waals surface area contributed by atoms with Crippen molar-refractivity contribution < 1.29 is 0 Å². The first-order valence-electron chi connectivity index (χ1n) is 6.78. The Morgan fingerprint density at radius 3 is 2.84 bits per heavy atom. The highest BCUT2D eigenvalue weighted by Crippen LogP contribution is 2.15. The molecule has 6 heteroatoms. The minimum Gasteiger partial charge on any atom is -0.381 e. The minimum atomic E-state index is -0.0673. The maximum Gasteiger partial charge on any atom is 0.283 e. The zero-order chi connectivity index (χ0) is 14.3. The summed E-state index contributed by atoms with van der Waals surface area (Å²) in [7, 11) is 2.07. The summed E-state index contributed by atoms with van der Waals surface area (Å²) in [6.45, 7) is 7.63. The molecule has 0 aliphatic carbocycles. The van der Waals surface area contributed by atoms with Gasteiger partial charge in [0, 0.05) is 19.6 Å². The Kier molecular flexibility index (Phi) is 7.09. The number of unbranched alkanes of at least 4 members (excludes halogenated alkanes) is 1. The highest BCUT2D eigenvalue weighted by molar-refractivity contribution is 9.10. The smallest absolute Gasteiger partial charge is 0.283 e. The van der Waals surface area contributed by atoms with Gasteiger partial charge in [0.15, 0.2) is 0 Å². The molecule has 0 radical (unpaired) electrons. The quantitative estimate of drug-likeness (QED) is 0.793. The number of hydrogen-bond donors (Lipinski definition) is 1. The highest BCUT2D eigenvalue weighted by atomic mass is 79.9. The molecule has 0 aromatic carbocycles. The van der Waals surface area contributed by atoms with Gasteiger partial charge < -0.3 is 10.2 Å². The molecule has 1 aromatic heterocycles. The average Bonchev–Trinajstić information content (AvgIpc) is 2.42. The van der Waals surface area contributed by atoms with Gasteiger partial charge in [-0.05, 0) is 35.9 Å². The standard InChI is InChI=1S/C13H23BrN4O/c1-4-6-8-18-13(19)12(14)11(10-16-18)15-7-9-17(3)5-2/h10,15H,4-9H2,1-3H3. The fourth-order valence-electron chi connectivity index (χ4n) is 1.60. The number of aryl methyl sites for hydroxylation is 1. The van der Waals surface area contributed by atoms with Gasteiger partial charge in [-0.25, -0.2) is 4.68 Å². The molecule has 0 spiro atoms. The predicted molar refractivity (Wildman–Crippen MR) is 82.8 cm³/mol. The summed E-state index contributed by atoms with van der Waals surface area (Å²) in [4.78, 5) is 14.3. The number of likely N-dealkylation sites (N-methyl/N-ethyl adjacent to an activating group) is 1. The van der Waals surface area contributed by atoms with Crippen LogP contribution in [-0.2, 0) is 6.54 Å². The summed E-state index contributed by atoms with van der Waals surface area (Å²) in [5.74, 6) is 0. The van der Waals surface area contributed by atoms with E-state index >= 15 is 0 Å². The van der Waals surface area contributed by atoms with Crippen molar-refractivity contribution in [1.29, 1.82) is 0 Å². The lowest BCUT2D eigenvalue weighted by atomic mass is 10.3. The Hall–Kier alpha value is -0.880. The first-order chi connectivity index (χ1) is 9.10. The fourth-order valence-corrected chi connectivity index (χ4v) is 2.04. The summed E-state index contributed by atoms with van der Waals surface area (Å²) in [5.41, 5.74) is 0.699. The molecule has 19 heavy (non-hydrogen) atoms. The second-order valence-corrected chi connectivity index (χ2v) is 5.37. The third kappa shape index (κ3) is 4.95. The van der Waals surface area contributed by atoms with E-state index in [9.17, 15) is 4.79 Å². The summed E-state index contributed by atoms with van der Waals surface area (Å²) in [5, 5.41) is 7.43. The topological polar surface area (TPSA) is 50.2 Å². The maximum absolute atomic E-state index is 12.1. The average molecular weight is 331 g/mol. The molecule has 1 rings (SSSR count). The van der Waals surface area contributed by atoms with Gasteiger partial charge in [-0.3, -0.25) is 4.79 Å². The fraction of sp³-hybridized carbons (Fsp3) is 0.692. The van der Waals surface area contributed by atoms with E-state index in [2.05, 4.69) is 52.1 Å². The molecule has 0 aliphatic rings. The Bertz CT molecular complexity index is 447. The van der Waals surface area contributed by atoms with Crippen LogP contribution in [0, 0.1) is 0 Å². The van der Waals surface area contributed by atoms with E-state index in [1.807, 2.05) is 0 Å². The third-order valence-electron chi connectivity index (χ3n) is 3.06. The summed E-state index contributed by atoms with van der Waals surface area (Å²) in [6, 6.07) is 0. The molecule has 0 unspecified atom stereocenters. The molecular weight excluding hydrogens is 308 g/mol. The van der Waals surface area contributed by atoms with Crippen LogP contribution in [-0.4, -0.2) is 41.4 Å². The molecule has 0 atom stereocenters. The Balaban J connectivity index is 2.65. The van der Waals surface area contributed by atoms with Crippen LogP contribution in [0.1, 0.15) is 26.7 Å². The molecule has 0 aliphatic heterocycles. The molecule has 1 heterocycles. The lowest BCUT2D eigenvalue weighted by molar-refractivity contribution is 0.367. The van der Waals surface area contributed by atoms with E-state index in [1.54, 1.807) is 6.20 Å². The second kappa shape index (κ2) is 8.32. The first kappa shape index (κ1) is 16.2. The molecule has 1 aromatic rings. The van der Waals surface area contributed by atoms with Gasteiger partial charge in [0.05, 0.1) is 11.9 Å². The van der Waals surface area contributed by atoms with Gasteiger partial charge in [0.2, 0.25) is 0 Å². The molecule has 0 amide bonds. The number of halogens is 1. The number of anilines is 1. The van der Waals surface area contributed by atoms with Crippen molar-refractivity contribution in [2.24, 2.45) is 0 Å². The summed E-state index contributed by atoms with van der Waals surface area (Å²) >= 11 is 3.36. The molecule has 0 saturated carbocycles. The first-order valence-corrected chi connectivity index (χ1v) is 7.57. The van der Waals surface area contributed by atoms with Crippen molar-refractivity contribution >= 4 is 21.6 Å². The van der Waals surface area contributed by atoms with Crippen LogP contribution in [0.25, 0.3) is 0 Å². The van der Waals surface area contributed by atoms with E-state index < -0.39 is 0 Å². The Labute approximate surface area is 123 Å². The van der Waals surface area contributed by atoms with Crippen molar-refractivity contribution in [3.8, 4) is 0 Å². The van der Waals surface area contributed by atoms with Crippen LogP contribution in [0.4, 0.5) is 5.69 Å². The third-order valence-corrected chi connectivity index (χ3v) is 3.82. The number of hydrogen-bond acceptors (Lipinski definition) is 4. The minimum absolute atomic E-state index is 0.0673. The molecule has 5 nitrogen and oxygen atoms in total. The maximum atomic E-state index is 12.1. The molecule has 108 valence electrons. The monoisotopic (exact) mass is 330 g/mol. The summed E-state index contributed by atoms with van der Waals surface area (Å²) < 4.78 is 2.08. The largest absolute Gasteiger partial charge is 0.381 e. The van der Waals surface area contributed by atoms with Crippen LogP contribution in [0.5, 0.6) is 0 Å². The van der Waals surface area contributed by atoms with E-state index in [4.69, 9.17) is 0 Å². The van der Waals surface area contributed by atoms with Crippen LogP contribution in [0.15, 0.2) is 15.5 Å². The molecule has 1 N–H and O–H groups in total. The Morgan fingerprint density at radius 1 is 1.47 bits per heavy atom. The van der Waals surface area contributed by atoms with Crippen molar-refractivity contribution in [2.75, 3.05) is 32.0 Å². The van der Waals surface area contributed by atoms with Crippen LogP contribution >= 0.6 is 15.9 Å². The SMILES string of the molecule is CCCCn1ncc(NCCN(C)CC)c(Br)c1=O. The van der Waals surface area contributed by atoms with Gasteiger partial charge in [-0.15, -0.1) is 0 Å². The van der Waals surface area contributed by atoms with Crippen molar-refractivity contribution in [3.63, 3.8) is 0 Å². The highest BCUT2D eigenvalue weighted by Gasteiger charge is 2.08. The molecule has 0 saturated heterocycles. The normalized spacial score (nSPS) is 11.0. The second-order valence-electron chi connectivity index (χ2n) is 4.58. The zero-order valence-electron chi connectivity index (χ0n) is 11.9. The van der Waals surface area contributed by atoms with Crippen molar-refractivity contribution in [2.45, 2.75) is 33.2 Å². The van der Waals surface area contributed by atoms with Crippen molar-refractivity contribution in [1.82, 2.24) is 14.7 Å². The van der Waals surface area contributed by atoms with Crippen molar-refractivity contribution in [3.05, 3.63) is 21.0 Å². The Morgan fingerprint density at radius 2 is 2.21 bits per heavy atom. The zero-order valence-corrected chi connectivity index (χ0v) is 13.5. The number of rotatable bonds is 8. The van der Waals surface area contributed by atoms with Crippen LogP contribution in [0.2, 0.25) is 0 Å². The van der Waals surface area contributed by atoms with Gasteiger partial charge in [-0.2, -0.15) is 5.10 Å². The lowest BCUT2D eigenvalue weighted by Gasteiger charge is -2.15. The van der Waals surface area contributed by atoms with E-state index in [1.165, 1.54) is 4.68 Å². The van der Waals surface area contributed by atoms with Gasteiger partial charge in [-0.1, -0.05) is 20.3 Å². The van der Waals surface area contributed by atoms with E-state index in [0.717, 1.165) is 38.2 Å². The van der Waals surface area contributed by atoms with Gasteiger partial charge in [0.1, 0.15) is 4.47 Å². The predicted octanol–water partition coefficient (Wildman–Crippen LogP) is 2.17. The van der Waals surface area contributed by atoms with E-state index in [0.29, 0.717) is 11.0 Å². The van der Waals surface area contributed by atoms with E-state index in [-0.39, 0.29) is 5.56 Å². The number of nitrogens with zero attached hydrogens (tertiary/aromatic N) is 3. The molecule has 0 fully saturated rings.